The summed E-state index contributed by atoms with van der Waals surface area (Å²) in [6, 6.07) is 13.1. The molecule has 0 atom stereocenters. The molecule has 0 spiro atoms. The zero-order valence-electron chi connectivity index (χ0n) is 12.8. The number of nitrogens with zero attached hydrogens (tertiary/aromatic N) is 2. The predicted molar refractivity (Wildman–Crippen MR) is 89.8 cm³/mol. The fourth-order valence-corrected chi connectivity index (χ4v) is 2.40. The Kier molecular flexibility index (Phi) is 4.48. The first kappa shape index (κ1) is 15.4. The second-order valence-electron chi connectivity index (χ2n) is 5.04. The topological polar surface area (TPSA) is 60.2 Å². The second kappa shape index (κ2) is 6.71. The third-order valence-electron chi connectivity index (χ3n) is 3.42. The number of methoxy groups -OCH3 is 1. The minimum Gasteiger partial charge on any atom is -0.497 e. The predicted octanol–water partition coefficient (Wildman–Crippen LogP) is 4.32. The first-order chi connectivity index (χ1) is 11.2. The van der Waals surface area contributed by atoms with Gasteiger partial charge >= 0.3 is 0 Å². The molecule has 0 fully saturated rings. The molecule has 0 unspecified atom stereocenters. The van der Waals surface area contributed by atoms with Crippen LogP contribution < -0.4 is 10.1 Å². The van der Waals surface area contributed by atoms with Crippen LogP contribution in [0.15, 0.2) is 46.9 Å². The van der Waals surface area contributed by atoms with Crippen molar-refractivity contribution in [3.8, 4) is 17.2 Å². The van der Waals surface area contributed by atoms with Gasteiger partial charge in [0.2, 0.25) is 11.8 Å². The molecule has 0 saturated carbocycles. The van der Waals surface area contributed by atoms with E-state index in [2.05, 4.69) is 15.5 Å². The number of hydrogen-bond acceptors (Lipinski definition) is 5. The van der Waals surface area contributed by atoms with Crippen molar-refractivity contribution in [1.29, 1.82) is 0 Å². The summed E-state index contributed by atoms with van der Waals surface area (Å²) >= 11 is 5.95. The molecule has 0 amide bonds. The van der Waals surface area contributed by atoms with Gasteiger partial charge in [0.05, 0.1) is 13.7 Å². The average molecular weight is 330 g/mol. The van der Waals surface area contributed by atoms with Gasteiger partial charge in [-0.2, -0.15) is 0 Å². The van der Waals surface area contributed by atoms with E-state index in [9.17, 15) is 0 Å². The summed E-state index contributed by atoms with van der Waals surface area (Å²) in [6.07, 6.45) is 0. The molecule has 3 rings (SSSR count). The van der Waals surface area contributed by atoms with Crippen LogP contribution in [-0.4, -0.2) is 17.3 Å². The minimum atomic E-state index is 0.450. The summed E-state index contributed by atoms with van der Waals surface area (Å²) < 4.78 is 10.8. The quantitative estimate of drug-likeness (QED) is 0.755. The summed E-state index contributed by atoms with van der Waals surface area (Å²) in [6.45, 7) is 2.44. The van der Waals surface area contributed by atoms with Crippen molar-refractivity contribution < 1.29 is 9.15 Å². The van der Waals surface area contributed by atoms with Gasteiger partial charge in [-0.15, -0.1) is 10.2 Å². The Morgan fingerprint density at radius 1 is 1.13 bits per heavy atom. The van der Waals surface area contributed by atoms with E-state index >= 15 is 0 Å². The zero-order valence-corrected chi connectivity index (χ0v) is 13.6. The summed E-state index contributed by atoms with van der Waals surface area (Å²) in [7, 11) is 1.63. The average Bonchev–Trinajstić information content (AvgIpc) is 3.03. The Labute approximate surface area is 139 Å². The monoisotopic (exact) mass is 329 g/mol. The Bertz CT molecular complexity index is 800. The summed E-state index contributed by atoms with van der Waals surface area (Å²) in [5.74, 6) is 1.79. The number of benzene rings is 2. The van der Waals surface area contributed by atoms with Crippen molar-refractivity contribution >= 4 is 17.3 Å². The Morgan fingerprint density at radius 3 is 2.61 bits per heavy atom. The van der Waals surface area contributed by atoms with E-state index in [-0.39, 0.29) is 0 Å². The lowest BCUT2D eigenvalue weighted by Gasteiger charge is -2.07. The largest absolute Gasteiger partial charge is 0.497 e. The minimum absolute atomic E-state index is 0.450. The highest BCUT2D eigenvalue weighted by atomic mass is 35.5. The van der Waals surface area contributed by atoms with Crippen LogP contribution in [-0.2, 0) is 6.54 Å². The van der Waals surface area contributed by atoms with Crippen molar-refractivity contribution in [2.24, 2.45) is 0 Å². The van der Waals surface area contributed by atoms with Gasteiger partial charge in [0.15, 0.2) is 0 Å². The fraction of sp³-hybridized carbons (Fsp3) is 0.176. The maximum absolute atomic E-state index is 5.95. The SMILES string of the molecule is COc1ccc(-c2nnc(CNc3ccc(Cl)cc3C)o2)cc1. The summed E-state index contributed by atoms with van der Waals surface area (Å²) in [5.41, 5.74) is 2.90. The van der Waals surface area contributed by atoms with Crippen LogP contribution in [0.25, 0.3) is 11.5 Å². The number of anilines is 1. The molecule has 1 heterocycles. The molecule has 5 nitrogen and oxygen atoms in total. The highest BCUT2D eigenvalue weighted by Crippen LogP contribution is 2.23. The molecule has 0 radical (unpaired) electrons. The third kappa shape index (κ3) is 3.63. The number of aromatic nitrogens is 2. The van der Waals surface area contributed by atoms with E-state index in [0.717, 1.165) is 22.6 Å². The molecular formula is C17H16ClN3O2. The zero-order chi connectivity index (χ0) is 16.2. The molecule has 23 heavy (non-hydrogen) atoms. The molecule has 0 aliphatic carbocycles. The van der Waals surface area contributed by atoms with E-state index < -0.39 is 0 Å². The van der Waals surface area contributed by atoms with Gasteiger partial charge in [-0.1, -0.05) is 11.6 Å². The number of nitrogens with one attached hydrogen (secondary N) is 1. The number of hydrogen-bond donors (Lipinski definition) is 1. The lowest BCUT2D eigenvalue weighted by Crippen LogP contribution is -2.01. The lowest BCUT2D eigenvalue weighted by atomic mass is 10.2. The normalized spacial score (nSPS) is 10.6. The molecule has 6 heteroatoms. The van der Waals surface area contributed by atoms with Gasteiger partial charge in [-0.3, -0.25) is 0 Å². The van der Waals surface area contributed by atoms with Gasteiger partial charge < -0.3 is 14.5 Å². The first-order valence-electron chi connectivity index (χ1n) is 7.12. The van der Waals surface area contributed by atoms with Crippen LogP contribution >= 0.6 is 11.6 Å². The molecule has 3 aromatic rings. The Morgan fingerprint density at radius 2 is 1.91 bits per heavy atom. The molecule has 0 bridgehead atoms. The Balaban J connectivity index is 1.69. The van der Waals surface area contributed by atoms with E-state index in [1.165, 1.54) is 0 Å². The van der Waals surface area contributed by atoms with Crippen LogP contribution in [0.3, 0.4) is 0 Å². The smallest absolute Gasteiger partial charge is 0.247 e. The van der Waals surface area contributed by atoms with Crippen molar-refractivity contribution in [3.63, 3.8) is 0 Å². The van der Waals surface area contributed by atoms with Crippen molar-refractivity contribution in [2.75, 3.05) is 12.4 Å². The van der Waals surface area contributed by atoms with Gasteiger partial charge in [0, 0.05) is 16.3 Å². The molecule has 2 aromatic carbocycles. The fourth-order valence-electron chi connectivity index (χ4n) is 2.17. The van der Waals surface area contributed by atoms with Gasteiger partial charge in [0.1, 0.15) is 5.75 Å². The molecule has 1 aromatic heterocycles. The molecule has 0 aliphatic heterocycles. The van der Waals surface area contributed by atoms with E-state index in [4.69, 9.17) is 20.8 Å². The van der Waals surface area contributed by atoms with Crippen molar-refractivity contribution in [1.82, 2.24) is 10.2 Å². The highest BCUT2D eigenvalue weighted by Gasteiger charge is 2.09. The van der Waals surface area contributed by atoms with Crippen LogP contribution in [0.4, 0.5) is 5.69 Å². The Hall–Kier alpha value is -2.53. The molecule has 1 N–H and O–H groups in total. The summed E-state index contributed by atoms with van der Waals surface area (Å²) in [4.78, 5) is 0. The first-order valence-corrected chi connectivity index (χ1v) is 7.50. The van der Waals surface area contributed by atoms with Crippen LogP contribution in [0.2, 0.25) is 5.02 Å². The molecule has 0 aliphatic rings. The van der Waals surface area contributed by atoms with Crippen LogP contribution in [0, 0.1) is 6.92 Å². The van der Waals surface area contributed by atoms with Crippen molar-refractivity contribution in [3.05, 3.63) is 58.9 Å². The standard InChI is InChI=1S/C17H16ClN3O2/c1-11-9-13(18)5-8-15(11)19-10-16-20-21-17(23-16)12-3-6-14(22-2)7-4-12/h3-9,19H,10H2,1-2H3. The van der Waals surface area contributed by atoms with Gasteiger partial charge in [0.25, 0.3) is 0 Å². The maximum atomic E-state index is 5.95. The maximum Gasteiger partial charge on any atom is 0.247 e. The third-order valence-corrected chi connectivity index (χ3v) is 3.66. The highest BCUT2D eigenvalue weighted by molar-refractivity contribution is 6.30. The van der Waals surface area contributed by atoms with E-state index in [1.807, 2.05) is 49.4 Å². The van der Waals surface area contributed by atoms with Crippen LogP contribution in [0.5, 0.6) is 5.75 Å². The number of rotatable bonds is 5. The number of halogens is 1. The number of aryl methyl sites for hydroxylation is 1. The van der Waals surface area contributed by atoms with Crippen LogP contribution in [0.1, 0.15) is 11.5 Å². The second-order valence-corrected chi connectivity index (χ2v) is 5.48. The van der Waals surface area contributed by atoms with E-state index in [0.29, 0.717) is 23.3 Å². The summed E-state index contributed by atoms with van der Waals surface area (Å²) in [5, 5.41) is 12.1. The van der Waals surface area contributed by atoms with Crippen molar-refractivity contribution in [2.45, 2.75) is 13.5 Å². The van der Waals surface area contributed by atoms with Gasteiger partial charge in [-0.25, -0.2) is 0 Å². The van der Waals surface area contributed by atoms with Gasteiger partial charge in [-0.05, 0) is 55.0 Å². The molecule has 118 valence electrons. The molecule has 0 saturated heterocycles. The number of ether oxygens (including phenoxy) is 1. The molecular weight excluding hydrogens is 314 g/mol. The van der Waals surface area contributed by atoms with E-state index in [1.54, 1.807) is 7.11 Å². The lowest BCUT2D eigenvalue weighted by molar-refractivity contribution is 0.415.